The lowest BCUT2D eigenvalue weighted by atomic mass is 10.1. The Morgan fingerprint density at radius 1 is 1.25 bits per heavy atom. The molecule has 0 saturated carbocycles. The van der Waals surface area contributed by atoms with Crippen LogP contribution < -0.4 is 15.8 Å². The molecule has 0 radical (unpaired) electrons. The van der Waals surface area contributed by atoms with Crippen molar-refractivity contribution < 1.29 is 9.53 Å². The number of methoxy groups -OCH3 is 1. The van der Waals surface area contributed by atoms with Crippen molar-refractivity contribution >= 4 is 11.6 Å². The molecule has 0 heterocycles. The van der Waals surface area contributed by atoms with Crippen LogP contribution in [0.5, 0.6) is 5.75 Å². The van der Waals surface area contributed by atoms with Gasteiger partial charge in [0, 0.05) is 12.1 Å². The van der Waals surface area contributed by atoms with Gasteiger partial charge >= 0.3 is 0 Å². The number of carbonyl (C=O) groups is 1. The molecule has 2 rings (SSSR count). The van der Waals surface area contributed by atoms with Crippen LogP contribution in [0.1, 0.15) is 21.5 Å². The molecule has 4 heteroatoms. The Morgan fingerprint density at radius 3 is 2.75 bits per heavy atom. The van der Waals surface area contributed by atoms with Crippen molar-refractivity contribution in [2.75, 3.05) is 12.4 Å². The highest BCUT2D eigenvalue weighted by Crippen LogP contribution is 2.25. The molecule has 0 aliphatic rings. The number of aryl methyl sites for hydroxylation is 1. The molecule has 0 unspecified atom stereocenters. The van der Waals surface area contributed by atoms with Crippen molar-refractivity contribution in [1.29, 1.82) is 0 Å². The Morgan fingerprint density at radius 2 is 2.05 bits per heavy atom. The molecule has 104 valence electrons. The van der Waals surface area contributed by atoms with Crippen LogP contribution in [-0.4, -0.2) is 13.0 Å². The topological polar surface area (TPSA) is 64.3 Å². The fourth-order valence-corrected chi connectivity index (χ4v) is 1.99. The number of primary amides is 1. The van der Waals surface area contributed by atoms with Crippen molar-refractivity contribution in [3.63, 3.8) is 0 Å². The second-order valence-corrected chi connectivity index (χ2v) is 4.62. The zero-order valence-corrected chi connectivity index (χ0v) is 11.6. The number of hydrogen-bond donors (Lipinski definition) is 2. The molecule has 0 bridgehead atoms. The van der Waals surface area contributed by atoms with Crippen molar-refractivity contribution in [3.8, 4) is 5.75 Å². The maximum absolute atomic E-state index is 11.2. The van der Waals surface area contributed by atoms with Crippen molar-refractivity contribution in [1.82, 2.24) is 0 Å². The number of anilines is 1. The normalized spacial score (nSPS) is 10.1. The van der Waals surface area contributed by atoms with Crippen molar-refractivity contribution in [2.24, 2.45) is 5.73 Å². The van der Waals surface area contributed by atoms with Gasteiger partial charge in [0.1, 0.15) is 5.75 Å². The summed E-state index contributed by atoms with van der Waals surface area (Å²) in [7, 11) is 1.64. The van der Waals surface area contributed by atoms with Gasteiger partial charge in [-0.25, -0.2) is 0 Å². The first-order valence-corrected chi connectivity index (χ1v) is 6.37. The van der Waals surface area contributed by atoms with Gasteiger partial charge in [-0.1, -0.05) is 18.2 Å². The van der Waals surface area contributed by atoms with E-state index in [1.807, 2.05) is 37.3 Å². The Hall–Kier alpha value is -2.49. The Labute approximate surface area is 118 Å². The highest BCUT2D eigenvalue weighted by Gasteiger charge is 2.04. The summed E-state index contributed by atoms with van der Waals surface area (Å²) in [6.07, 6.45) is 0. The quantitative estimate of drug-likeness (QED) is 0.878. The molecule has 1 amide bonds. The minimum absolute atomic E-state index is 0.417. The van der Waals surface area contributed by atoms with E-state index in [0.717, 1.165) is 22.6 Å². The van der Waals surface area contributed by atoms with Crippen molar-refractivity contribution in [3.05, 3.63) is 59.2 Å². The van der Waals surface area contributed by atoms with Crippen LogP contribution in [0.25, 0.3) is 0 Å². The first-order chi connectivity index (χ1) is 9.60. The van der Waals surface area contributed by atoms with Gasteiger partial charge in [0.15, 0.2) is 0 Å². The number of nitrogens with one attached hydrogen (secondary N) is 1. The fourth-order valence-electron chi connectivity index (χ4n) is 1.99. The molecular weight excluding hydrogens is 252 g/mol. The van der Waals surface area contributed by atoms with E-state index in [1.54, 1.807) is 19.2 Å². The molecule has 3 N–H and O–H groups in total. The third kappa shape index (κ3) is 3.29. The minimum Gasteiger partial charge on any atom is -0.495 e. The molecule has 2 aromatic rings. The number of ether oxygens (including phenoxy) is 1. The second kappa shape index (κ2) is 6.10. The molecule has 0 saturated heterocycles. The molecule has 2 aromatic carbocycles. The van der Waals surface area contributed by atoms with E-state index in [4.69, 9.17) is 10.5 Å². The molecule has 0 aliphatic heterocycles. The molecule has 0 spiro atoms. The largest absolute Gasteiger partial charge is 0.495 e. The van der Waals surface area contributed by atoms with Gasteiger partial charge in [-0.15, -0.1) is 0 Å². The lowest BCUT2D eigenvalue weighted by Crippen LogP contribution is -2.11. The average Bonchev–Trinajstić information content (AvgIpc) is 2.45. The maximum atomic E-state index is 11.2. The van der Waals surface area contributed by atoms with E-state index in [-0.39, 0.29) is 0 Å². The van der Waals surface area contributed by atoms with Gasteiger partial charge in [0.2, 0.25) is 5.91 Å². The van der Waals surface area contributed by atoms with E-state index >= 15 is 0 Å². The van der Waals surface area contributed by atoms with Crippen LogP contribution in [0.15, 0.2) is 42.5 Å². The van der Waals surface area contributed by atoms with Crippen LogP contribution in [0, 0.1) is 6.92 Å². The Bertz CT molecular complexity index is 624. The van der Waals surface area contributed by atoms with Crippen molar-refractivity contribution in [2.45, 2.75) is 13.5 Å². The lowest BCUT2D eigenvalue weighted by molar-refractivity contribution is 0.1000. The van der Waals surface area contributed by atoms with Gasteiger partial charge in [-0.3, -0.25) is 4.79 Å². The molecule has 0 atom stereocenters. The summed E-state index contributed by atoms with van der Waals surface area (Å²) < 4.78 is 5.31. The number of benzene rings is 2. The van der Waals surface area contributed by atoms with Crippen LogP contribution in [0.4, 0.5) is 5.69 Å². The van der Waals surface area contributed by atoms with Gasteiger partial charge in [-0.05, 0) is 42.3 Å². The third-order valence-corrected chi connectivity index (χ3v) is 3.05. The number of rotatable bonds is 5. The van der Waals surface area contributed by atoms with Crippen LogP contribution in [-0.2, 0) is 6.54 Å². The van der Waals surface area contributed by atoms with E-state index in [0.29, 0.717) is 12.1 Å². The number of hydrogen-bond acceptors (Lipinski definition) is 3. The predicted octanol–water partition coefficient (Wildman–Crippen LogP) is 2.71. The predicted molar refractivity (Wildman–Crippen MR) is 80.0 cm³/mol. The van der Waals surface area contributed by atoms with Crippen LogP contribution >= 0.6 is 0 Å². The van der Waals surface area contributed by atoms with E-state index in [9.17, 15) is 4.79 Å². The number of amides is 1. The van der Waals surface area contributed by atoms with Crippen LogP contribution in [0.2, 0.25) is 0 Å². The third-order valence-electron chi connectivity index (χ3n) is 3.05. The summed E-state index contributed by atoms with van der Waals surface area (Å²) in [6, 6.07) is 13.2. The summed E-state index contributed by atoms with van der Waals surface area (Å²) in [5.74, 6) is 0.377. The minimum atomic E-state index is -0.417. The van der Waals surface area contributed by atoms with E-state index in [1.165, 1.54) is 0 Å². The Balaban J connectivity index is 2.14. The summed E-state index contributed by atoms with van der Waals surface area (Å²) in [5.41, 5.74) is 8.86. The van der Waals surface area contributed by atoms with Gasteiger partial charge < -0.3 is 15.8 Å². The highest BCUT2D eigenvalue weighted by molar-refractivity contribution is 5.92. The summed E-state index contributed by atoms with van der Waals surface area (Å²) in [6.45, 7) is 2.62. The summed E-state index contributed by atoms with van der Waals surface area (Å²) >= 11 is 0. The van der Waals surface area contributed by atoms with Gasteiger partial charge in [0.25, 0.3) is 0 Å². The average molecular weight is 270 g/mol. The Kier molecular flexibility index (Phi) is 4.25. The summed E-state index contributed by atoms with van der Waals surface area (Å²) in [4.78, 5) is 11.2. The monoisotopic (exact) mass is 270 g/mol. The zero-order valence-electron chi connectivity index (χ0n) is 11.6. The van der Waals surface area contributed by atoms with E-state index < -0.39 is 5.91 Å². The molecule has 0 fully saturated rings. The van der Waals surface area contributed by atoms with Gasteiger partial charge in [0.05, 0.1) is 12.8 Å². The molecule has 0 aromatic heterocycles. The summed E-state index contributed by atoms with van der Waals surface area (Å²) in [5, 5.41) is 3.31. The molecular formula is C16H18N2O2. The lowest BCUT2D eigenvalue weighted by Gasteiger charge is -2.12. The highest BCUT2D eigenvalue weighted by atomic mass is 16.5. The van der Waals surface area contributed by atoms with E-state index in [2.05, 4.69) is 5.32 Å². The zero-order chi connectivity index (χ0) is 14.5. The first-order valence-electron chi connectivity index (χ1n) is 6.37. The fraction of sp³-hybridized carbons (Fsp3) is 0.188. The molecule has 4 nitrogen and oxygen atoms in total. The maximum Gasteiger partial charge on any atom is 0.248 e. The standard InChI is InChI=1S/C16H18N2O2/c1-11-6-7-15(20-2)14(8-11)18-10-12-4-3-5-13(9-12)16(17)19/h3-9,18H,10H2,1-2H3,(H2,17,19). The van der Waals surface area contributed by atoms with Gasteiger partial charge in [-0.2, -0.15) is 0 Å². The number of carbonyl (C=O) groups excluding carboxylic acids is 1. The second-order valence-electron chi connectivity index (χ2n) is 4.62. The first kappa shape index (κ1) is 13.9. The smallest absolute Gasteiger partial charge is 0.248 e. The SMILES string of the molecule is COc1ccc(C)cc1NCc1cccc(C(N)=O)c1. The molecule has 20 heavy (non-hydrogen) atoms. The van der Waals surface area contributed by atoms with Crippen LogP contribution in [0.3, 0.4) is 0 Å². The molecule has 0 aliphatic carbocycles. The number of nitrogens with two attached hydrogens (primary N) is 1.